The van der Waals surface area contributed by atoms with E-state index in [4.69, 9.17) is 15.5 Å². The van der Waals surface area contributed by atoms with Gasteiger partial charge in [-0.3, -0.25) is 4.79 Å². The van der Waals surface area contributed by atoms with Gasteiger partial charge >= 0.3 is 5.97 Å². The molecule has 0 amide bonds. The van der Waals surface area contributed by atoms with E-state index in [0.29, 0.717) is 25.2 Å². The number of anilines is 1. The number of aryl methyl sites for hydroxylation is 1. The first-order chi connectivity index (χ1) is 12.2. The minimum absolute atomic E-state index is 0.202. The number of methoxy groups -OCH3 is 1. The van der Waals surface area contributed by atoms with Crippen LogP contribution in [0.4, 0.5) is 5.82 Å². The van der Waals surface area contributed by atoms with E-state index in [1.54, 1.807) is 0 Å². The van der Waals surface area contributed by atoms with Crippen LogP contribution in [0.15, 0.2) is 24.3 Å². The van der Waals surface area contributed by atoms with Crippen LogP contribution in [-0.2, 0) is 22.5 Å². The lowest BCUT2D eigenvalue weighted by molar-refractivity contribution is -0.140. The Kier molecular flexibility index (Phi) is 5.14. The van der Waals surface area contributed by atoms with E-state index in [2.05, 4.69) is 14.9 Å². The molecule has 1 aromatic carbocycles. The van der Waals surface area contributed by atoms with Gasteiger partial charge in [0.05, 0.1) is 18.1 Å². The zero-order chi connectivity index (χ0) is 17.8. The summed E-state index contributed by atoms with van der Waals surface area (Å²) >= 11 is 0. The Labute approximate surface area is 146 Å². The van der Waals surface area contributed by atoms with Crippen LogP contribution in [-0.4, -0.2) is 41.2 Å². The first kappa shape index (κ1) is 17.2. The van der Waals surface area contributed by atoms with Gasteiger partial charge in [0.2, 0.25) is 0 Å². The summed E-state index contributed by atoms with van der Waals surface area (Å²) < 4.78 is 6.90. The second-order valence-corrected chi connectivity index (χ2v) is 5.92. The van der Waals surface area contributed by atoms with Crippen molar-refractivity contribution >= 4 is 33.7 Å². The number of rotatable bonds is 7. The number of para-hydroxylation sites is 1. The lowest BCUT2D eigenvalue weighted by Gasteiger charge is -2.10. The number of imidazole rings is 1. The Hall–Kier alpha value is -2.67. The fourth-order valence-corrected chi connectivity index (χ4v) is 3.06. The molecule has 0 aliphatic rings. The number of fused-ring (bicyclic) bond motifs is 3. The summed E-state index contributed by atoms with van der Waals surface area (Å²) in [5.74, 6) is 1.18. The number of esters is 1. The Morgan fingerprint density at radius 1 is 1.32 bits per heavy atom. The Bertz CT molecular complexity index is 903. The second-order valence-electron chi connectivity index (χ2n) is 5.92. The van der Waals surface area contributed by atoms with Gasteiger partial charge in [0.25, 0.3) is 0 Å². The van der Waals surface area contributed by atoms with Crippen molar-refractivity contribution in [3.63, 3.8) is 0 Å². The van der Waals surface area contributed by atoms with E-state index in [1.807, 2.05) is 31.3 Å². The zero-order valence-corrected chi connectivity index (χ0v) is 14.6. The molecule has 0 spiro atoms. The molecule has 7 nitrogen and oxygen atoms in total. The molecule has 3 aromatic rings. The van der Waals surface area contributed by atoms with Crippen LogP contribution >= 0.6 is 0 Å². The molecule has 0 atom stereocenters. The van der Waals surface area contributed by atoms with Crippen LogP contribution in [0.3, 0.4) is 0 Å². The molecule has 0 bridgehead atoms. The summed E-state index contributed by atoms with van der Waals surface area (Å²) in [5.41, 5.74) is 8.71. The Balaban J connectivity index is 2.10. The first-order valence-corrected chi connectivity index (χ1v) is 8.40. The van der Waals surface area contributed by atoms with E-state index in [0.717, 1.165) is 40.7 Å². The molecule has 2 aromatic heterocycles. The maximum atomic E-state index is 11.4. The van der Waals surface area contributed by atoms with Gasteiger partial charge in [0, 0.05) is 31.3 Å². The third-order valence-corrected chi connectivity index (χ3v) is 4.28. The topological polar surface area (TPSA) is 95.1 Å². The lowest BCUT2D eigenvalue weighted by Crippen LogP contribution is -2.14. The average Bonchev–Trinajstić information content (AvgIpc) is 2.99. The number of aromatic nitrogens is 3. The number of pyridine rings is 1. The predicted molar refractivity (Wildman–Crippen MR) is 98.3 cm³/mol. The molecule has 0 aliphatic heterocycles. The van der Waals surface area contributed by atoms with Gasteiger partial charge in [-0.1, -0.05) is 18.2 Å². The number of nitrogen functional groups attached to an aromatic ring is 1. The largest absolute Gasteiger partial charge is 0.469 e. The number of benzene rings is 1. The van der Waals surface area contributed by atoms with Gasteiger partial charge in [-0.25, -0.2) is 9.97 Å². The third kappa shape index (κ3) is 3.41. The molecule has 3 rings (SSSR count). The van der Waals surface area contributed by atoms with Gasteiger partial charge < -0.3 is 20.4 Å². The van der Waals surface area contributed by atoms with E-state index >= 15 is 0 Å². The molecule has 0 fully saturated rings. The minimum atomic E-state index is -0.202. The summed E-state index contributed by atoms with van der Waals surface area (Å²) in [5, 5.41) is 4.17. The molecule has 7 heteroatoms. The second kappa shape index (κ2) is 7.48. The lowest BCUT2D eigenvalue weighted by atomic mass is 10.2. The Morgan fingerprint density at radius 3 is 2.88 bits per heavy atom. The molecule has 0 radical (unpaired) electrons. The molecule has 0 saturated heterocycles. The first-order valence-electron chi connectivity index (χ1n) is 8.40. The van der Waals surface area contributed by atoms with Crippen LogP contribution in [0.25, 0.3) is 21.9 Å². The maximum Gasteiger partial charge on any atom is 0.305 e. The van der Waals surface area contributed by atoms with Crippen LogP contribution in [0.2, 0.25) is 0 Å². The van der Waals surface area contributed by atoms with Crippen molar-refractivity contribution < 1.29 is 9.53 Å². The number of hydrogen-bond donors (Lipinski definition) is 2. The maximum absolute atomic E-state index is 11.4. The van der Waals surface area contributed by atoms with E-state index in [9.17, 15) is 4.79 Å². The number of carbonyl (C=O) groups excluding carboxylic acids is 1. The van der Waals surface area contributed by atoms with Crippen molar-refractivity contribution in [2.24, 2.45) is 0 Å². The minimum Gasteiger partial charge on any atom is -0.469 e. The van der Waals surface area contributed by atoms with E-state index in [-0.39, 0.29) is 5.97 Å². The summed E-state index contributed by atoms with van der Waals surface area (Å²) in [4.78, 5) is 20.6. The summed E-state index contributed by atoms with van der Waals surface area (Å²) in [6, 6.07) is 7.91. The molecule has 25 heavy (non-hydrogen) atoms. The summed E-state index contributed by atoms with van der Waals surface area (Å²) in [6.07, 6.45) is 1.83. The van der Waals surface area contributed by atoms with Crippen molar-refractivity contribution in [3.05, 3.63) is 30.1 Å². The van der Waals surface area contributed by atoms with Gasteiger partial charge in [0.15, 0.2) is 5.82 Å². The van der Waals surface area contributed by atoms with Crippen LogP contribution in [0, 0.1) is 0 Å². The zero-order valence-electron chi connectivity index (χ0n) is 14.6. The van der Waals surface area contributed by atoms with Crippen molar-refractivity contribution in [2.45, 2.75) is 25.8 Å². The van der Waals surface area contributed by atoms with Gasteiger partial charge in [-0.15, -0.1) is 0 Å². The fraction of sp³-hybridized carbons (Fsp3) is 0.389. The highest BCUT2D eigenvalue weighted by atomic mass is 16.5. The molecule has 0 unspecified atom stereocenters. The monoisotopic (exact) mass is 341 g/mol. The van der Waals surface area contributed by atoms with Gasteiger partial charge in [0.1, 0.15) is 11.3 Å². The number of hydrogen-bond acceptors (Lipinski definition) is 6. The quantitative estimate of drug-likeness (QED) is 0.637. The Morgan fingerprint density at radius 2 is 2.12 bits per heavy atom. The number of nitrogens with two attached hydrogens (primary N) is 1. The molecule has 0 saturated carbocycles. The highest BCUT2D eigenvalue weighted by molar-refractivity contribution is 6.06. The average molecular weight is 341 g/mol. The van der Waals surface area contributed by atoms with E-state index < -0.39 is 0 Å². The molecule has 3 N–H and O–H groups in total. The molecular weight excluding hydrogens is 318 g/mol. The van der Waals surface area contributed by atoms with Crippen molar-refractivity contribution in [1.82, 2.24) is 19.9 Å². The predicted octanol–water partition coefficient (Wildman–Crippen LogP) is 1.88. The highest BCUT2D eigenvalue weighted by Gasteiger charge is 2.17. The fourth-order valence-electron chi connectivity index (χ4n) is 3.06. The van der Waals surface area contributed by atoms with E-state index in [1.165, 1.54) is 7.11 Å². The molecule has 2 heterocycles. The summed E-state index contributed by atoms with van der Waals surface area (Å²) in [7, 11) is 3.32. The van der Waals surface area contributed by atoms with Crippen LogP contribution in [0.1, 0.15) is 18.7 Å². The molecule has 132 valence electrons. The normalized spacial score (nSPS) is 11.3. The molecular formula is C18H23N5O2. The number of likely N-dealkylation sites (N-methyl/N-ethyl adjacent to an activating group) is 1. The summed E-state index contributed by atoms with van der Waals surface area (Å²) in [6.45, 7) is 1.49. The number of carbonyl (C=O) groups is 1. The smallest absolute Gasteiger partial charge is 0.305 e. The number of ether oxygens (including phenoxy) is 1. The third-order valence-electron chi connectivity index (χ3n) is 4.28. The SMILES string of the molecule is CNCCc1nc2c(N)nc3ccccc3c2n1CCCC(=O)OC. The molecule has 0 aliphatic carbocycles. The number of nitrogens with zero attached hydrogens (tertiary/aromatic N) is 3. The van der Waals surface area contributed by atoms with Crippen molar-refractivity contribution in [3.8, 4) is 0 Å². The standard InChI is InChI=1S/C18H23N5O2/c1-20-10-9-14-22-16-17(23(14)11-5-8-15(24)25-2)12-6-3-4-7-13(12)21-18(16)19/h3-4,6-7,20H,5,8-11H2,1-2H3,(H2,19,21). The number of nitrogens with one attached hydrogen (secondary N) is 1. The van der Waals surface area contributed by atoms with Gasteiger partial charge in [-0.2, -0.15) is 0 Å². The van der Waals surface area contributed by atoms with Crippen LogP contribution < -0.4 is 11.1 Å². The van der Waals surface area contributed by atoms with Gasteiger partial charge in [-0.05, 0) is 19.5 Å². The highest BCUT2D eigenvalue weighted by Crippen LogP contribution is 2.29. The van der Waals surface area contributed by atoms with Crippen molar-refractivity contribution in [2.75, 3.05) is 26.4 Å². The van der Waals surface area contributed by atoms with Crippen molar-refractivity contribution in [1.29, 1.82) is 0 Å². The van der Waals surface area contributed by atoms with Crippen LogP contribution in [0.5, 0.6) is 0 Å².